The molecule has 1 aromatic rings. The molecule has 1 fully saturated rings. The third kappa shape index (κ3) is 1.77. The maximum Gasteiger partial charge on any atom is 0.325 e. The van der Waals surface area contributed by atoms with Crippen molar-refractivity contribution in [2.75, 3.05) is 13.2 Å². The number of nitrogens with zero attached hydrogens (tertiary/aromatic N) is 1. The van der Waals surface area contributed by atoms with Gasteiger partial charge in [-0.25, -0.2) is 4.79 Å². The van der Waals surface area contributed by atoms with Gasteiger partial charge in [-0.2, -0.15) is 0 Å². The van der Waals surface area contributed by atoms with E-state index in [9.17, 15) is 14.7 Å². The van der Waals surface area contributed by atoms with Crippen molar-refractivity contribution in [2.45, 2.75) is 6.04 Å². The highest BCUT2D eigenvalue weighted by Crippen LogP contribution is 2.22. The lowest BCUT2D eigenvalue weighted by Gasteiger charge is -2.23. The molecule has 5 heteroatoms. The number of nitrogens with one attached hydrogen (secondary N) is 1. The fourth-order valence-electron chi connectivity index (χ4n) is 1.76. The lowest BCUT2D eigenvalue weighted by Crippen LogP contribution is -2.36. The second kappa shape index (κ2) is 4.32. The molecule has 1 aliphatic rings. The maximum absolute atomic E-state index is 11.5. The van der Waals surface area contributed by atoms with Crippen LogP contribution in [-0.4, -0.2) is 35.1 Å². The van der Waals surface area contributed by atoms with Crippen molar-refractivity contribution in [3.63, 3.8) is 0 Å². The summed E-state index contributed by atoms with van der Waals surface area (Å²) < 4.78 is 0. The first kappa shape index (κ1) is 10.6. The predicted octanol–water partition coefficient (Wildman–Crippen LogP) is 0.272. The summed E-state index contributed by atoms with van der Waals surface area (Å²) in [6.07, 6.45) is 0. The Morgan fingerprint density at radius 2 is 2.00 bits per heavy atom. The summed E-state index contributed by atoms with van der Waals surface area (Å²) in [5, 5.41) is 11.7. The number of carbonyl (C=O) groups is 2. The molecule has 84 valence electrons. The first-order chi connectivity index (χ1) is 7.74. The normalized spacial score (nSPS) is 17.4. The Kier molecular flexibility index (Phi) is 2.87. The van der Waals surface area contributed by atoms with E-state index in [2.05, 4.69) is 5.32 Å². The van der Waals surface area contributed by atoms with E-state index < -0.39 is 12.1 Å². The zero-order valence-electron chi connectivity index (χ0n) is 8.59. The van der Waals surface area contributed by atoms with E-state index in [0.717, 1.165) is 10.5 Å². The van der Waals surface area contributed by atoms with Gasteiger partial charge in [0.25, 0.3) is 5.91 Å². The second-order valence-corrected chi connectivity index (χ2v) is 3.53. The molecule has 1 saturated heterocycles. The van der Waals surface area contributed by atoms with Crippen molar-refractivity contribution in [1.29, 1.82) is 0 Å². The van der Waals surface area contributed by atoms with E-state index in [1.807, 2.05) is 6.07 Å². The summed E-state index contributed by atoms with van der Waals surface area (Å²) in [4.78, 5) is 24.0. The van der Waals surface area contributed by atoms with Crippen LogP contribution in [0.5, 0.6) is 0 Å². The number of carbonyl (C=O) groups excluding carboxylic acids is 2. The summed E-state index contributed by atoms with van der Waals surface area (Å²) in [7, 11) is 0. The van der Waals surface area contributed by atoms with E-state index >= 15 is 0 Å². The highest BCUT2D eigenvalue weighted by atomic mass is 16.3. The quantitative estimate of drug-likeness (QED) is 0.718. The minimum Gasteiger partial charge on any atom is -0.394 e. The average Bonchev–Trinajstić information content (AvgIpc) is 2.63. The molecule has 1 heterocycles. The van der Waals surface area contributed by atoms with Crippen LogP contribution in [0.25, 0.3) is 0 Å². The molecule has 0 bridgehead atoms. The van der Waals surface area contributed by atoms with Crippen molar-refractivity contribution >= 4 is 11.9 Å². The molecular formula is C11H12N2O3. The zero-order chi connectivity index (χ0) is 11.5. The summed E-state index contributed by atoms with van der Waals surface area (Å²) in [6, 6.07) is 7.94. The summed E-state index contributed by atoms with van der Waals surface area (Å²) in [5.41, 5.74) is 0.746. The van der Waals surface area contributed by atoms with Crippen LogP contribution in [0.2, 0.25) is 0 Å². The number of aliphatic hydroxyl groups is 1. The lowest BCUT2D eigenvalue weighted by atomic mass is 10.1. The molecule has 0 aliphatic carbocycles. The minimum absolute atomic E-state index is 0.00215. The number of imide groups is 1. The van der Waals surface area contributed by atoms with Gasteiger partial charge >= 0.3 is 6.03 Å². The lowest BCUT2D eigenvalue weighted by molar-refractivity contribution is -0.127. The molecular weight excluding hydrogens is 208 g/mol. The molecule has 1 aromatic carbocycles. The fraction of sp³-hybridized carbons (Fsp3) is 0.273. The Balaban J connectivity index is 2.29. The Labute approximate surface area is 92.7 Å². The Morgan fingerprint density at radius 1 is 1.31 bits per heavy atom. The molecule has 0 radical (unpaired) electrons. The van der Waals surface area contributed by atoms with E-state index in [1.165, 1.54) is 0 Å². The van der Waals surface area contributed by atoms with E-state index in [4.69, 9.17) is 0 Å². The average molecular weight is 220 g/mol. The number of hydrogen-bond donors (Lipinski definition) is 2. The molecule has 3 amide bonds. The summed E-state index contributed by atoms with van der Waals surface area (Å²) in [6.45, 7) is -0.272. The Hall–Kier alpha value is -1.88. The SMILES string of the molecule is O=C1CNC(=O)N1[C@H](CO)c1ccccc1. The number of hydrogen-bond acceptors (Lipinski definition) is 3. The smallest absolute Gasteiger partial charge is 0.325 e. The number of amides is 3. The maximum atomic E-state index is 11.5. The molecule has 0 spiro atoms. The Morgan fingerprint density at radius 3 is 2.50 bits per heavy atom. The second-order valence-electron chi connectivity index (χ2n) is 3.53. The van der Waals surface area contributed by atoms with E-state index in [1.54, 1.807) is 24.3 Å². The third-order valence-corrected chi connectivity index (χ3v) is 2.55. The van der Waals surface area contributed by atoms with Gasteiger partial charge in [-0.3, -0.25) is 9.69 Å². The largest absolute Gasteiger partial charge is 0.394 e. The van der Waals surface area contributed by atoms with E-state index in [-0.39, 0.29) is 19.1 Å². The van der Waals surface area contributed by atoms with Crippen molar-refractivity contribution in [3.8, 4) is 0 Å². The van der Waals surface area contributed by atoms with Crippen LogP contribution in [0.15, 0.2) is 30.3 Å². The molecule has 1 aliphatic heterocycles. The van der Waals surface area contributed by atoms with Crippen LogP contribution in [0.4, 0.5) is 4.79 Å². The predicted molar refractivity (Wildman–Crippen MR) is 56.5 cm³/mol. The topological polar surface area (TPSA) is 69.6 Å². The van der Waals surface area contributed by atoms with Gasteiger partial charge in [0.15, 0.2) is 0 Å². The van der Waals surface area contributed by atoms with Gasteiger partial charge in [0.1, 0.15) is 0 Å². The van der Waals surface area contributed by atoms with Crippen LogP contribution in [0.3, 0.4) is 0 Å². The summed E-state index contributed by atoms with van der Waals surface area (Å²) >= 11 is 0. The highest BCUT2D eigenvalue weighted by molar-refractivity contribution is 6.02. The molecule has 16 heavy (non-hydrogen) atoms. The first-order valence-corrected chi connectivity index (χ1v) is 4.99. The van der Waals surface area contributed by atoms with Gasteiger partial charge in [-0.15, -0.1) is 0 Å². The van der Waals surface area contributed by atoms with Gasteiger partial charge in [0.2, 0.25) is 0 Å². The first-order valence-electron chi connectivity index (χ1n) is 4.99. The molecule has 2 rings (SSSR count). The van der Waals surface area contributed by atoms with Crippen LogP contribution in [0, 0.1) is 0 Å². The molecule has 0 aromatic heterocycles. The molecule has 0 unspecified atom stereocenters. The van der Waals surface area contributed by atoms with Crippen LogP contribution >= 0.6 is 0 Å². The standard InChI is InChI=1S/C11H12N2O3/c14-7-9(8-4-2-1-3-5-8)13-10(15)6-12-11(13)16/h1-5,9,14H,6-7H2,(H,12,16)/t9-/m1/s1. The van der Waals surface area contributed by atoms with Crippen LogP contribution in [-0.2, 0) is 4.79 Å². The van der Waals surface area contributed by atoms with Gasteiger partial charge in [0, 0.05) is 0 Å². The molecule has 5 nitrogen and oxygen atoms in total. The van der Waals surface area contributed by atoms with Crippen LogP contribution in [0.1, 0.15) is 11.6 Å². The van der Waals surface area contributed by atoms with Gasteiger partial charge in [0.05, 0.1) is 19.2 Å². The van der Waals surface area contributed by atoms with Gasteiger partial charge in [-0.05, 0) is 5.56 Å². The number of rotatable bonds is 3. The third-order valence-electron chi connectivity index (χ3n) is 2.55. The molecule has 1 atom stereocenters. The van der Waals surface area contributed by atoms with Crippen molar-refractivity contribution < 1.29 is 14.7 Å². The number of urea groups is 1. The van der Waals surface area contributed by atoms with Gasteiger partial charge in [-0.1, -0.05) is 30.3 Å². The zero-order valence-corrected chi connectivity index (χ0v) is 8.59. The van der Waals surface area contributed by atoms with Crippen molar-refractivity contribution in [1.82, 2.24) is 10.2 Å². The minimum atomic E-state index is -0.601. The van der Waals surface area contributed by atoms with Crippen LogP contribution < -0.4 is 5.32 Å². The molecule has 2 N–H and O–H groups in total. The fourth-order valence-corrected chi connectivity index (χ4v) is 1.76. The Bertz CT molecular complexity index is 389. The highest BCUT2D eigenvalue weighted by Gasteiger charge is 2.35. The molecule has 0 saturated carbocycles. The monoisotopic (exact) mass is 220 g/mol. The van der Waals surface area contributed by atoms with Crippen molar-refractivity contribution in [3.05, 3.63) is 35.9 Å². The number of aliphatic hydroxyl groups excluding tert-OH is 1. The number of benzene rings is 1. The summed E-state index contributed by atoms with van der Waals surface area (Å²) in [5.74, 6) is -0.312. The van der Waals surface area contributed by atoms with Gasteiger partial charge < -0.3 is 10.4 Å². The van der Waals surface area contributed by atoms with E-state index in [0.29, 0.717) is 0 Å². The van der Waals surface area contributed by atoms with Crippen molar-refractivity contribution in [2.24, 2.45) is 0 Å².